The summed E-state index contributed by atoms with van der Waals surface area (Å²) in [5, 5.41) is 21.9. The molecule has 1 aromatic heterocycles. The largest absolute Gasteiger partial charge is 0.492 e. The predicted molar refractivity (Wildman–Crippen MR) is 85.8 cm³/mol. The van der Waals surface area contributed by atoms with Crippen molar-refractivity contribution >= 4 is 35.1 Å². The van der Waals surface area contributed by atoms with Crippen molar-refractivity contribution in [1.29, 1.82) is 0 Å². The van der Waals surface area contributed by atoms with Gasteiger partial charge in [-0.15, -0.1) is 0 Å². The molecule has 0 spiro atoms. The first-order valence-corrected chi connectivity index (χ1v) is 7.12. The summed E-state index contributed by atoms with van der Waals surface area (Å²) in [4.78, 5) is 4.23. The SMILES string of the molecule is CC(C)(O)C(C)(C)OB(O)c1ccnc2cc(Cl)ccc12. The summed E-state index contributed by atoms with van der Waals surface area (Å²) >= 11 is 5.95. The van der Waals surface area contributed by atoms with Crippen LogP contribution in [0, 0.1) is 0 Å². The standard InChI is InChI=1S/C15H19BClNO3/c1-14(2,19)15(3,4)21-16(20)12-7-8-18-13-9-10(17)5-6-11(12)13/h5-9,19-20H,1-4H3. The highest BCUT2D eigenvalue weighted by Crippen LogP contribution is 2.26. The lowest BCUT2D eigenvalue weighted by molar-refractivity contribution is -0.0982. The third kappa shape index (κ3) is 3.38. The average Bonchev–Trinajstić information content (AvgIpc) is 2.35. The van der Waals surface area contributed by atoms with Gasteiger partial charge in [0.1, 0.15) is 0 Å². The Morgan fingerprint density at radius 3 is 2.48 bits per heavy atom. The maximum atomic E-state index is 10.4. The smallest absolute Gasteiger partial charge is 0.423 e. The number of aromatic nitrogens is 1. The molecular weight excluding hydrogens is 288 g/mol. The fourth-order valence-corrected chi connectivity index (χ4v) is 2.01. The lowest BCUT2D eigenvalue weighted by atomic mass is 9.75. The van der Waals surface area contributed by atoms with Crippen molar-refractivity contribution in [2.45, 2.75) is 38.9 Å². The molecule has 1 heterocycles. The summed E-state index contributed by atoms with van der Waals surface area (Å²) in [6, 6.07) is 6.96. The minimum atomic E-state index is -1.17. The molecule has 0 aliphatic heterocycles. The number of nitrogens with zero attached hydrogens (tertiary/aromatic N) is 1. The van der Waals surface area contributed by atoms with Gasteiger partial charge in [-0.25, -0.2) is 0 Å². The Morgan fingerprint density at radius 2 is 1.86 bits per heavy atom. The Bertz CT molecular complexity index is 655. The minimum Gasteiger partial charge on any atom is -0.423 e. The number of aliphatic hydroxyl groups is 1. The first-order valence-electron chi connectivity index (χ1n) is 6.74. The van der Waals surface area contributed by atoms with E-state index in [4.69, 9.17) is 16.3 Å². The number of halogens is 1. The van der Waals surface area contributed by atoms with Crippen LogP contribution in [-0.2, 0) is 4.65 Å². The van der Waals surface area contributed by atoms with E-state index >= 15 is 0 Å². The molecular formula is C15H19BClNO3. The maximum absolute atomic E-state index is 10.4. The van der Waals surface area contributed by atoms with E-state index in [2.05, 4.69) is 4.98 Å². The summed E-state index contributed by atoms with van der Waals surface area (Å²) in [5.74, 6) is 0. The third-order valence-electron chi connectivity index (χ3n) is 3.88. The summed E-state index contributed by atoms with van der Waals surface area (Å²) < 4.78 is 5.67. The van der Waals surface area contributed by atoms with Crippen molar-refractivity contribution in [2.24, 2.45) is 0 Å². The van der Waals surface area contributed by atoms with E-state index in [1.165, 1.54) is 0 Å². The second-order valence-electron chi connectivity index (χ2n) is 6.10. The van der Waals surface area contributed by atoms with Gasteiger partial charge in [0.15, 0.2) is 0 Å². The number of pyridine rings is 1. The summed E-state index contributed by atoms with van der Waals surface area (Å²) in [6.45, 7) is 6.75. The van der Waals surface area contributed by atoms with Crippen LogP contribution in [0.1, 0.15) is 27.7 Å². The maximum Gasteiger partial charge on any atom is 0.492 e. The van der Waals surface area contributed by atoms with Crippen LogP contribution < -0.4 is 5.46 Å². The number of benzene rings is 1. The molecule has 2 rings (SSSR count). The Morgan fingerprint density at radius 1 is 1.19 bits per heavy atom. The molecule has 0 amide bonds. The number of fused-ring (bicyclic) bond motifs is 1. The minimum absolute atomic E-state index is 0.583. The molecule has 0 unspecified atom stereocenters. The molecule has 2 aromatic rings. The Balaban J connectivity index is 2.38. The fraction of sp³-hybridized carbons (Fsp3) is 0.400. The van der Waals surface area contributed by atoms with E-state index in [0.717, 1.165) is 5.39 Å². The monoisotopic (exact) mass is 307 g/mol. The molecule has 0 fully saturated rings. The molecule has 1 aromatic carbocycles. The van der Waals surface area contributed by atoms with Crippen LogP contribution in [0.15, 0.2) is 30.5 Å². The van der Waals surface area contributed by atoms with E-state index in [1.54, 1.807) is 58.2 Å². The zero-order chi connectivity index (χ0) is 15.8. The second kappa shape index (κ2) is 5.57. The third-order valence-corrected chi connectivity index (χ3v) is 4.12. The van der Waals surface area contributed by atoms with Gasteiger partial charge < -0.3 is 14.8 Å². The van der Waals surface area contributed by atoms with Gasteiger partial charge in [-0.1, -0.05) is 17.7 Å². The zero-order valence-electron chi connectivity index (χ0n) is 12.6. The van der Waals surface area contributed by atoms with E-state index < -0.39 is 18.3 Å². The first-order chi connectivity index (χ1) is 9.62. The molecule has 0 bridgehead atoms. The van der Waals surface area contributed by atoms with Gasteiger partial charge in [-0.3, -0.25) is 4.98 Å². The first kappa shape index (κ1) is 16.2. The van der Waals surface area contributed by atoms with E-state index in [1.807, 2.05) is 0 Å². The van der Waals surface area contributed by atoms with Crippen LogP contribution in [0.4, 0.5) is 0 Å². The Hall–Kier alpha value is -1.14. The number of rotatable bonds is 4. The van der Waals surface area contributed by atoms with Crippen molar-refractivity contribution in [3.63, 3.8) is 0 Å². The molecule has 2 N–H and O–H groups in total. The van der Waals surface area contributed by atoms with E-state index in [9.17, 15) is 10.1 Å². The van der Waals surface area contributed by atoms with Gasteiger partial charge in [0.05, 0.1) is 16.7 Å². The zero-order valence-corrected chi connectivity index (χ0v) is 13.3. The quantitative estimate of drug-likeness (QED) is 0.850. The lowest BCUT2D eigenvalue weighted by Gasteiger charge is -2.38. The van der Waals surface area contributed by atoms with Crippen molar-refractivity contribution in [1.82, 2.24) is 4.98 Å². The molecule has 0 aliphatic rings. The van der Waals surface area contributed by atoms with Gasteiger partial charge in [0.2, 0.25) is 0 Å². The highest BCUT2D eigenvalue weighted by Gasteiger charge is 2.39. The Labute approximate surface area is 129 Å². The normalized spacial score (nSPS) is 12.7. The molecule has 112 valence electrons. The molecule has 0 radical (unpaired) electrons. The predicted octanol–water partition coefficient (Wildman–Crippen LogP) is 2.14. The second-order valence-corrected chi connectivity index (χ2v) is 6.54. The van der Waals surface area contributed by atoms with Gasteiger partial charge in [0.25, 0.3) is 0 Å². The van der Waals surface area contributed by atoms with Gasteiger partial charge >= 0.3 is 7.12 Å². The van der Waals surface area contributed by atoms with Crippen LogP contribution in [0.3, 0.4) is 0 Å². The van der Waals surface area contributed by atoms with Crippen molar-refractivity contribution in [2.75, 3.05) is 0 Å². The van der Waals surface area contributed by atoms with Crippen molar-refractivity contribution in [3.05, 3.63) is 35.5 Å². The molecule has 0 atom stereocenters. The average molecular weight is 308 g/mol. The number of hydrogen-bond donors (Lipinski definition) is 2. The lowest BCUT2D eigenvalue weighted by Crippen LogP contribution is -2.53. The number of hydrogen-bond acceptors (Lipinski definition) is 4. The summed E-state index contributed by atoms with van der Waals surface area (Å²) in [6.07, 6.45) is 1.59. The molecule has 21 heavy (non-hydrogen) atoms. The summed E-state index contributed by atoms with van der Waals surface area (Å²) in [7, 11) is -1.17. The van der Waals surface area contributed by atoms with Gasteiger partial charge in [0, 0.05) is 16.6 Å². The van der Waals surface area contributed by atoms with Gasteiger partial charge in [-0.2, -0.15) is 0 Å². The van der Waals surface area contributed by atoms with Crippen LogP contribution in [0.2, 0.25) is 5.02 Å². The molecule has 0 aliphatic carbocycles. The van der Waals surface area contributed by atoms with Crippen molar-refractivity contribution < 1.29 is 14.8 Å². The van der Waals surface area contributed by atoms with Crippen LogP contribution in [0.25, 0.3) is 10.9 Å². The highest BCUT2D eigenvalue weighted by atomic mass is 35.5. The van der Waals surface area contributed by atoms with E-state index in [-0.39, 0.29) is 0 Å². The molecule has 6 heteroatoms. The molecule has 0 saturated carbocycles. The van der Waals surface area contributed by atoms with Gasteiger partial charge in [-0.05, 0) is 51.4 Å². The van der Waals surface area contributed by atoms with Crippen molar-refractivity contribution in [3.8, 4) is 0 Å². The van der Waals surface area contributed by atoms with Crippen LogP contribution in [-0.4, -0.2) is 33.4 Å². The van der Waals surface area contributed by atoms with E-state index in [0.29, 0.717) is 16.0 Å². The topological polar surface area (TPSA) is 62.6 Å². The summed E-state index contributed by atoms with van der Waals surface area (Å²) in [5.41, 5.74) is -0.744. The van der Waals surface area contributed by atoms with Crippen LogP contribution in [0.5, 0.6) is 0 Å². The highest BCUT2D eigenvalue weighted by molar-refractivity contribution is 6.63. The van der Waals surface area contributed by atoms with Crippen LogP contribution >= 0.6 is 11.6 Å². The molecule has 4 nitrogen and oxygen atoms in total. The fourth-order valence-electron chi connectivity index (χ4n) is 1.85. The Kier molecular flexibility index (Phi) is 4.31. The molecule has 0 saturated heterocycles.